The second kappa shape index (κ2) is 3.37. The van der Waals surface area contributed by atoms with Crippen LogP contribution >= 0.6 is 0 Å². The molecule has 0 spiro atoms. The molecule has 1 N–H and O–H groups in total. The molecule has 3 heteroatoms. The van der Waals surface area contributed by atoms with E-state index in [1.54, 1.807) is 12.1 Å². The van der Waals surface area contributed by atoms with Crippen molar-refractivity contribution in [2.75, 3.05) is 6.61 Å². The molecule has 0 bridgehead atoms. The van der Waals surface area contributed by atoms with Crippen LogP contribution in [0.1, 0.15) is 12.1 Å². The summed E-state index contributed by atoms with van der Waals surface area (Å²) in [6, 6.07) is 3.35. The molecular weight excluding hydrogens is 133 g/mol. The summed E-state index contributed by atoms with van der Waals surface area (Å²) in [7, 11) is 0. The molecule has 0 amide bonds. The van der Waals surface area contributed by atoms with Gasteiger partial charge in [-0.2, -0.15) is 4.79 Å². The quantitative estimate of drug-likeness (QED) is 0.674. The molecule has 1 rings (SSSR count). The van der Waals surface area contributed by atoms with Crippen LogP contribution < -0.4 is 0 Å². The molecule has 1 aromatic heterocycles. The Morgan fingerprint density at radius 3 is 2.90 bits per heavy atom. The monoisotopic (exact) mass is 143 g/mol. The van der Waals surface area contributed by atoms with Gasteiger partial charge in [0.25, 0.3) is 0 Å². The minimum absolute atomic E-state index is 0.116. The molecule has 10 heavy (non-hydrogen) atoms. The van der Waals surface area contributed by atoms with Gasteiger partial charge in [0, 0.05) is 12.8 Å². The van der Waals surface area contributed by atoms with Gasteiger partial charge in [0.2, 0.25) is 0 Å². The van der Waals surface area contributed by atoms with Crippen LogP contribution in [0.4, 0.5) is 4.48 Å². The SMILES string of the molecule is OCCCc1cccn1F. The Bertz CT molecular complexity index is 197. The highest BCUT2D eigenvalue weighted by atomic mass is 19.2. The minimum Gasteiger partial charge on any atom is -0.396 e. The number of halogens is 1. The second-order valence-electron chi connectivity index (χ2n) is 2.14. The van der Waals surface area contributed by atoms with Crippen molar-refractivity contribution in [2.45, 2.75) is 12.8 Å². The lowest BCUT2D eigenvalue weighted by Gasteiger charge is -1.95. The number of rotatable bonds is 3. The predicted molar refractivity (Wildman–Crippen MR) is 36.3 cm³/mol. The molecule has 0 radical (unpaired) electrons. The predicted octanol–water partition coefficient (Wildman–Crippen LogP) is 1.15. The van der Waals surface area contributed by atoms with Crippen LogP contribution in [0.5, 0.6) is 0 Å². The van der Waals surface area contributed by atoms with Crippen molar-refractivity contribution in [3.63, 3.8) is 0 Å². The van der Waals surface area contributed by atoms with E-state index in [0.29, 0.717) is 23.3 Å². The smallest absolute Gasteiger partial charge is 0.0515 e. The summed E-state index contributed by atoms with van der Waals surface area (Å²) in [6.45, 7) is 0.116. The number of aliphatic hydroxyl groups is 1. The summed E-state index contributed by atoms with van der Waals surface area (Å²) < 4.78 is 12.5. The lowest BCUT2D eigenvalue weighted by molar-refractivity contribution is 0.282. The van der Waals surface area contributed by atoms with E-state index in [9.17, 15) is 4.48 Å². The van der Waals surface area contributed by atoms with Crippen LogP contribution in [0.25, 0.3) is 0 Å². The molecule has 0 saturated carbocycles. The lowest BCUT2D eigenvalue weighted by atomic mass is 10.2. The average Bonchev–Trinajstić information content (AvgIpc) is 2.31. The number of aryl methyl sites for hydroxylation is 1. The first-order valence-corrected chi connectivity index (χ1v) is 3.28. The Kier molecular flexibility index (Phi) is 2.45. The Morgan fingerprint density at radius 2 is 2.40 bits per heavy atom. The van der Waals surface area contributed by atoms with E-state index >= 15 is 0 Å². The first-order valence-electron chi connectivity index (χ1n) is 3.28. The van der Waals surface area contributed by atoms with Gasteiger partial charge >= 0.3 is 0 Å². The Labute approximate surface area is 58.8 Å². The Morgan fingerprint density at radius 1 is 1.60 bits per heavy atom. The molecule has 56 valence electrons. The number of hydrogen-bond donors (Lipinski definition) is 1. The van der Waals surface area contributed by atoms with Crippen molar-refractivity contribution < 1.29 is 9.59 Å². The molecule has 1 heterocycles. The molecule has 0 fully saturated rings. The van der Waals surface area contributed by atoms with E-state index in [4.69, 9.17) is 5.11 Å². The maximum Gasteiger partial charge on any atom is 0.0515 e. The summed E-state index contributed by atoms with van der Waals surface area (Å²) in [4.78, 5) is 0.579. The van der Waals surface area contributed by atoms with Gasteiger partial charge in [0.1, 0.15) is 0 Å². The van der Waals surface area contributed by atoms with Crippen LogP contribution in [-0.2, 0) is 6.42 Å². The van der Waals surface area contributed by atoms with Crippen molar-refractivity contribution in [3.05, 3.63) is 24.0 Å². The summed E-state index contributed by atoms with van der Waals surface area (Å²) in [5.74, 6) is 0. The Hall–Kier alpha value is -0.830. The van der Waals surface area contributed by atoms with Gasteiger partial charge < -0.3 is 5.11 Å². The van der Waals surface area contributed by atoms with Crippen LogP contribution in [0, 0.1) is 0 Å². The van der Waals surface area contributed by atoms with Crippen molar-refractivity contribution in [2.24, 2.45) is 0 Å². The summed E-state index contributed by atoms with van der Waals surface area (Å²) in [5.41, 5.74) is 0.619. The van der Waals surface area contributed by atoms with E-state index in [1.165, 1.54) is 6.20 Å². The molecule has 1 aromatic rings. The van der Waals surface area contributed by atoms with Gasteiger partial charge in [-0.25, -0.2) is 0 Å². The first-order chi connectivity index (χ1) is 4.84. The number of hydrogen-bond acceptors (Lipinski definition) is 1. The topological polar surface area (TPSA) is 25.2 Å². The van der Waals surface area contributed by atoms with Crippen LogP contribution in [-0.4, -0.2) is 16.5 Å². The van der Waals surface area contributed by atoms with Gasteiger partial charge in [0.15, 0.2) is 0 Å². The lowest BCUT2D eigenvalue weighted by Crippen LogP contribution is -1.93. The molecule has 0 unspecified atom stereocenters. The standard InChI is InChI=1S/C7H10FNO/c8-9-5-1-3-7(9)4-2-6-10/h1,3,5,10H,2,4,6H2. The van der Waals surface area contributed by atoms with E-state index < -0.39 is 0 Å². The molecule has 0 atom stereocenters. The van der Waals surface area contributed by atoms with Crippen molar-refractivity contribution in [1.82, 2.24) is 4.79 Å². The summed E-state index contributed by atoms with van der Waals surface area (Å²) in [5, 5.41) is 8.42. The first kappa shape index (κ1) is 7.28. The molecule has 0 saturated heterocycles. The van der Waals surface area contributed by atoms with E-state index in [-0.39, 0.29) is 6.61 Å². The van der Waals surface area contributed by atoms with Crippen molar-refractivity contribution >= 4 is 0 Å². The zero-order chi connectivity index (χ0) is 7.40. The fraction of sp³-hybridized carbons (Fsp3) is 0.429. The molecule has 2 nitrogen and oxygen atoms in total. The highest BCUT2D eigenvalue weighted by Gasteiger charge is 1.97. The molecule has 0 aliphatic carbocycles. The molecule has 0 aromatic carbocycles. The van der Waals surface area contributed by atoms with Gasteiger partial charge in [-0.1, -0.05) is 4.48 Å². The third kappa shape index (κ3) is 1.57. The highest BCUT2D eigenvalue weighted by molar-refractivity contribution is 5.05. The molecule has 0 aliphatic heterocycles. The van der Waals surface area contributed by atoms with E-state index in [0.717, 1.165) is 0 Å². The van der Waals surface area contributed by atoms with Gasteiger partial charge in [-0.3, -0.25) is 0 Å². The van der Waals surface area contributed by atoms with Crippen LogP contribution in [0.2, 0.25) is 0 Å². The third-order valence-corrected chi connectivity index (χ3v) is 1.37. The average molecular weight is 143 g/mol. The van der Waals surface area contributed by atoms with Crippen molar-refractivity contribution in [3.8, 4) is 0 Å². The number of aliphatic hydroxyl groups excluding tert-OH is 1. The van der Waals surface area contributed by atoms with Crippen LogP contribution in [0.15, 0.2) is 18.3 Å². The fourth-order valence-electron chi connectivity index (χ4n) is 0.847. The van der Waals surface area contributed by atoms with Crippen molar-refractivity contribution in [1.29, 1.82) is 0 Å². The largest absolute Gasteiger partial charge is 0.396 e. The zero-order valence-corrected chi connectivity index (χ0v) is 5.63. The fourth-order valence-corrected chi connectivity index (χ4v) is 0.847. The third-order valence-electron chi connectivity index (χ3n) is 1.37. The van der Waals surface area contributed by atoms with Gasteiger partial charge in [0.05, 0.1) is 5.69 Å². The maximum absolute atomic E-state index is 12.5. The number of aromatic nitrogens is 1. The van der Waals surface area contributed by atoms with Crippen LogP contribution in [0.3, 0.4) is 0 Å². The summed E-state index contributed by atoms with van der Waals surface area (Å²) >= 11 is 0. The van der Waals surface area contributed by atoms with Gasteiger partial charge in [-0.15, -0.1) is 0 Å². The minimum atomic E-state index is 0.116. The number of nitrogens with zero attached hydrogens (tertiary/aromatic N) is 1. The zero-order valence-electron chi connectivity index (χ0n) is 5.63. The normalized spacial score (nSPS) is 10.2. The molecule has 0 aliphatic rings. The highest BCUT2D eigenvalue weighted by Crippen LogP contribution is 2.04. The maximum atomic E-state index is 12.5. The second-order valence-corrected chi connectivity index (χ2v) is 2.14. The molecular formula is C7H10FNO. The Balaban J connectivity index is 2.49. The van der Waals surface area contributed by atoms with E-state index in [2.05, 4.69) is 0 Å². The summed E-state index contributed by atoms with van der Waals surface area (Å²) in [6.07, 6.45) is 2.57. The van der Waals surface area contributed by atoms with E-state index in [1.807, 2.05) is 0 Å². The van der Waals surface area contributed by atoms with Gasteiger partial charge in [-0.05, 0) is 25.0 Å².